The van der Waals surface area contributed by atoms with E-state index in [2.05, 4.69) is 10.1 Å². The molecule has 0 radical (unpaired) electrons. The minimum atomic E-state index is -0.252. The zero-order valence-corrected chi connectivity index (χ0v) is 11.0. The van der Waals surface area contributed by atoms with Crippen LogP contribution in [0.1, 0.15) is 11.1 Å². The lowest BCUT2D eigenvalue weighted by Gasteiger charge is -2.18. The Morgan fingerprint density at radius 3 is 2.55 bits per heavy atom. The van der Waals surface area contributed by atoms with Gasteiger partial charge in [-0.1, -0.05) is 17.3 Å². The lowest BCUT2D eigenvalue weighted by Crippen LogP contribution is -2.19. The zero-order chi connectivity index (χ0) is 14.5. The first-order valence-electron chi connectivity index (χ1n) is 5.99. The average molecular weight is 274 g/mol. The SMILES string of the molecule is CN(Cc1ccc(F)cc1)c1ccc(C(N)=NO)cn1. The predicted molar refractivity (Wildman–Crippen MR) is 75.3 cm³/mol. The second kappa shape index (κ2) is 6.01. The van der Waals surface area contributed by atoms with Gasteiger partial charge in [-0.3, -0.25) is 0 Å². The third-order valence-corrected chi connectivity index (χ3v) is 2.88. The number of halogens is 1. The van der Waals surface area contributed by atoms with Gasteiger partial charge in [0.1, 0.15) is 11.6 Å². The number of aromatic nitrogens is 1. The van der Waals surface area contributed by atoms with Crippen LogP contribution in [0.15, 0.2) is 47.8 Å². The van der Waals surface area contributed by atoms with Gasteiger partial charge in [-0.05, 0) is 29.8 Å². The minimum Gasteiger partial charge on any atom is -0.409 e. The second-order valence-corrected chi connectivity index (χ2v) is 4.37. The van der Waals surface area contributed by atoms with Gasteiger partial charge < -0.3 is 15.8 Å². The van der Waals surface area contributed by atoms with Gasteiger partial charge in [-0.25, -0.2) is 9.37 Å². The van der Waals surface area contributed by atoms with Crippen molar-refractivity contribution in [3.63, 3.8) is 0 Å². The molecule has 1 aromatic carbocycles. The van der Waals surface area contributed by atoms with E-state index >= 15 is 0 Å². The Balaban J connectivity index is 2.09. The number of nitrogens with zero attached hydrogens (tertiary/aromatic N) is 3. The molecule has 3 N–H and O–H groups in total. The van der Waals surface area contributed by atoms with Crippen LogP contribution in [0.4, 0.5) is 10.2 Å². The lowest BCUT2D eigenvalue weighted by molar-refractivity contribution is 0.318. The van der Waals surface area contributed by atoms with Crippen LogP contribution in [0, 0.1) is 5.82 Å². The van der Waals surface area contributed by atoms with Crippen LogP contribution < -0.4 is 10.6 Å². The molecule has 0 spiro atoms. The molecule has 0 saturated heterocycles. The van der Waals surface area contributed by atoms with E-state index in [-0.39, 0.29) is 11.7 Å². The number of nitrogens with two attached hydrogens (primary N) is 1. The molecule has 2 rings (SSSR count). The molecular weight excluding hydrogens is 259 g/mol. The number of rotatable bonds is 4. The Kier molecular flexibility index (Phi) is 4.14. The number of oxime groups is 1. The van der Waals surface area contributed by atoms with Gasteiger partial charge in [-0.2, -0.15) is 0 Å². The fourth-order valence-electron chi connectivity index (χ4n) is 1.77. The highest BCUT2D eigenvalue weighted by Crippen LogP contribution is 2.13. The van der Waals surface area contributed by atoms with E-state index in [1.54, 1.807) is 24.3 Å². The van der Waals surface area contributed by atoms with Gasteiger partial charge in [-0.15, -0.1) is 0 Å². The van der Waals surface area contributed by atoms with Gasteiger partial charge >= 0.3 is 0 Å². The Hall–Kier alpha value is -2.63. The molecule has 0 saturated carbocycles. The highest BCUT2D eigenvalue weighted by atomic mass is 19.1. The minimum absolute atomic E-state index is 0.0187. The molecule has 0 aliphatic rings. The van der Waals surface area contributed by atoms with Crippen molar-refractivity contribution in [1.29, 1.82) is 0 Å². The number of hydrogen-bond acceptors (Lipinski definition) is 4. The molecule has 20 heavy (non-hydrogen) atoms. The monoisotopic (exact) mass is 274 g/mol. The zero-order valence-electron chi connectivity index (χ0n) is 11.0. The number of benzene rings is 1. The molecular formula is C14H15FN4O. The Labute approximate surface area is 116 Å². The first-order chi connectivity index (χ1) is 9.60. The van der Waals surface area contributed by atoms with E-state index < -0.39 is 0 Å². The summed E-state index contributed by atoms with van der Waals surface area (Å²) in [5, 5.41) is 11.5. The maximum atomic E-state index is 12.8. The average Bonchev–Trinajstić information content (AvgIpc) is 2.49. The molecule has 1 aromatic heterocycles. The van der Waals surface area contributed by atoms with Crippen LogP contribution in [-0.4, -0.2) is 23.1 Å². The van der Waals surface area contributed by atoms with Crippen LogP contribution in [0.3, 0.4) is 0 Å². The third-order valence-electron chi connectivity index (χ3n) is 2.88. The molecule has 2 aromatic rings. The molecule has 0 bridgehead atoms. The van der Waals surface area contributed by atoms with E-state index in [9.17, 15) is 4.39 Å². The maximum absolute atomic E-state index is 12.8. The number of hydrogen-bond donors (Lipinski definition) is 2. The third kappa shape index (κ3) is 3.23. The van der Waals surface area contributed by atoms with Gasteiger partial charge in [0.25, 0.3) is 0 Å². The smallest absolute Gasteiger partial charge is 0.171 e. The fourth-order valence-corrected chi connectivity index (χ4v) is 1.77. The molecule has 0 aliphatic heterocycles. The van der Waals surface area contributed by atoms with Crippen molar-refractivity contribution in [2.24, 2.45) is 10.9 Å². The highest BCUT2D eigenvalue weighted by molar-refractivity contribution is 5.96. The molecule has 1 heterocycles. The van der Waals surface area contributed by atoms with Gasteiger partial charge in [0, 0.05) is 25.4 Å². The van der Waals surface area contributed by atoms with E-state index in [0.717, 1.165) is 11.4 Å². The van der Waals surface area contributed by atoms with Gasteiger partial charge in [0.2, 0.25) is 0 Å². The maximum Gasteiger partial charge on any atom is 0.171 e. The quantitative estimate of drug-likeness (QED) is 0.387. The first kappa shape index (κ1) is 13.8. The standard InChI is InChI=1S/C14H15FN4O/c1-19(9-10-2-5-12(15)6-3-10)13-7-4-11(8-17-13)14(16)18-20/h2-8,20H,9H2,1H3,(H2,16,18). The molecule has 104 valence electrons. The number of pyridine rings is 1. The Bertz CT molecular complexity index is 596. The fraction of sp³-hybridized carbons (Fsp3) is 0.143. The summed E-state index contributed by atoms with van der Waals surface area (Å²) in [6.07, 6.45) is 1.53. The number of amidine groups is 1. The van der Waals surface area contributed by atoms with Crippen molar-refractivity contribution >= 4 is 11.7 Å². The topological polar surface area (TPSA) is 74.7 Å². The predicted octanol–water partition coefficient (Wildman–Crippen LogP) is 1.95. The second-order valence-electron chi connectivity index (χ2n) is 4.37. The summed E-state index contributed by atoms with van der Waals surface area (Å²) in [5.41, 5.74) is 7.00. The largest absolute Gasteiger partial charge is 0.409 e. The van der Waals surface area contributed by atoms with E-state index in [1.807, 2.05) is 11.9 Å². The molecule has 0 fully saturated rings. The van der Waals surface area contributed by atoms with Crippen LogP contribution in [0.25, 0.3) is 0 Å². The lowest BCUT2D eigenvalue weighted by atomic mass is 10.2. The summed E-state index contributed by atoms with van der Waals surface area (Å²) in [6, 6.07) is 9.82. The van der Waals surface area contributed by atoms with Crippen LogP contribution in [-0.2, 0) is 6.54 Å². The van der Waals surface area contributed by atoms with E-state index in [1.165, 1.54) is 18.3 Å². The molecule has 6 heteroatoms. The molecule has 5 nitrogen and oxygen atoms in total. The van der Waals surface area contributed by atoms with Gasteiger partial charge in [0.05, 0.1) is 0 Å². The summed E-state index contributed by atoms with van der Waals surface area (Å²) >= 11 is 0. The van der Waals surface area contributed by atoms with Crippen molar-refractivity contribution in [1.82, 2.24) is 4.98 Å². The van der Waals surface area contributed by atoms with Crippen LogP contribution >= 0.6 is 0 Å². The van der Waals surface area contributed by atoms with Crippen LogP contribution in [0.2, 0.25) is 0 Å². The molecule has 0 amide bonds. The Morgan fingerprint density at radius 2 is 2.00 bits per heavy atom. The summed E-state index contributed by atoms with van der Waals surface area (Å²) in [5.74, 6) is 0.506. The van der Waals surface area contributed by atoms with E-state index in [0.29, 0.717) is 12.1 Å². The van der Waals surface area contributed by atoms with E-state index in [4.69, 9.17) is 10.9 Å². The summed E-state index contributed by atoms with van der Waals surface area (Å²) in [7, 11) is 1.88. The normalized spacial score (nSPS) is 11.4. The summed E-state index contributed by atoms with van der Waals surface area (Å²) in [6.45, 7) is 0.607. The van der Waals surface area contributed by atoms with Crippen molar-refractivity contribution < 1.29 is 9.60 Å². The van der Waals surface area contributed by atoms with Crippen molar-refractivity contribution in [3.8, 4) is 0 Å². The molecule has 0 unspecified atom stereocenters. The first-order valence-corrected chi connectivity index (χ1v) is 5.99. The van der Waals surface area contributed by atoms with Crippen molar-refractivity contribution in [3.05, 3.63) is 59.5 Å². The summed E-state index contributed by atoms with van der Waals surface area (Å²) < 4.78 is 12.8. The van der Waals surface area contributed by atoms with Crippen molar-refractivity contribution in [2.75, 3.05) is 11.9 Å². The molecule has 0 atom stereocenters. The Morgan fingerprint density at radius 1 is 1.30 bits per heavy atom. The number of anilines is 1. The van der Waals surface area contributed by atoms with Crippen molar-refractivity contribution in [2.45, 2.75) is 6.54 Å². The van der Waals surface area contributed by atoms with Gasteiger partial charge in [0.15, 0.2) is 5.84 Å². The molecule has 0 aliphatic carbocycles. The summed E-state index contributed by atoms with van der Waals surface area (Å²) in [4.78, 5) is 6.16. The highest BCUT2D eigenvalue weighted by Gasteiger charge is 2.05. The van der Waals surface area contributed by atoms with Crippen LogP contribution in [0.5, 0.6) is 0 Å².